The van der Waals surface area contributed by atoms with Gasteiger partial charge in [0.05, 0.1) is 5.41 Å². The number of aromatic nitrogens is 1. The number of nitrogens with zero attached hydrogens (tertiary/aromatic N) is 1. The average Bonchev–Trinajstić information content (AvgIpc) is 2.43. The van der Waals surface area contributed by atoms with Crippen molar-refractivity contribution >= 4 is 11.7 Å². The molecule has 19 heavy (non-hydrogen) atoms. The number of ether oxygens (including phenoxy) is 1. The van der Waals surface area contributed by atoms with Crippen molar-refractivity contribution in [3.63, 3.8) is 0 Å². The summed E-state index contributed by atoms with van der Waals surface area (Å²) >= 11 is 0. The Bertz CT molecular complexity index is 470. The summed E-state index contributed by atoms with van der Waals surface area (Å²) < 4.78 is 5.27. The third kappa shape index (κ3) is 2.85. The maximum atomic E-state index is 12.4. The summed E-state index contributed by atoms with van der Waals surface area (Å²) in [5.41, 5.74) is 5.86. The van der Waals surface area contributed by atoms with Crippen LogP contribution in [0, 0.1) is 12.3 Å². The Balaban J connectivity index is 2.17. The van der Waals surface area contributed by atoms with Crippen LogP contribution >= 0.6 is 0 Å². The van der Waals surface area contributed by atoms with Crippen LogP contribution in [0.4, 0.5) is 5.82 Å². The molecule has 0 bridgehead atoms. The van der Waals surface area contributed by atoms with Crippen molar-refractivity contribution < 1.29 is 14.6 Å². The van der Waals surface area contributed by atoms with Crippen molar-refractivity contribution in [3.8, 4) is 5.75 Å². The van der Waals surface area contributed by atoms with E-state index in [1.807, 2.05) is 0 Å². The highest BCUT2D eigenvalue weighted by Gasteiger charge is 2.39. The summed E-state index contributed by atoms with van der Waals surface area (Å²) in [6.07, 6.45) is 1.17. The SMILES string of the molecule is Cc1ccc(O)c(NC(=O)C2(CN)CCOCC2)n1. The monoisotopic (exact) mass is 265 g/mol. The van der Waals surface area contributed by atoms with Crippen molar-refractivity contribution in [2.75, 3.05) is 25.1 Å². The van der Waals surface area contributed by atoms with E-state index < -0.39 is 5.41 Å². The molecule has 0 aliphatic carbocycles. The van der Waals surface area contributed by atoms with Gasteiger partial charge in [-0.25, -0.2) is 4.98 Å². The van der Waals surface area contributed by atoms with E-state index in [1.165, 1.54) is 6.07 Å². The van der Waals surface area contributed by atoms with E-state index in [4.69, 9.17) is 10.5 Å². The molecule has 0 saturated carbocycles. The third-order valence-corrected chi connectivity index (χ3v) is 3.57. The van der Waals surface area contributed by atoms with Gasteiger partial charge in [-0.2, -0.15) is 0 Å². The molecule has 0 atom stereocenters. The van der Waals surface area contributed by atoms with Gasteiger partial charge in [0, 0.05) is 25.5 Å². The Morgan fingerprint density at radius 2 is 2.21 bits per heavy atom. The first-order valence-electron chi connectivity index (χ1n) is 6.33. The van der Waals surface area contributed by atoms with E-state index in [0.717, 1.165) is 5.69 Å². The molecular formula is C13H19N3O3. The van der Waals surface area contributed by atoms with Gasteiger partial charge in [0.25, 0.3) is 0 Å². The smallest absolute Gasteiger partial charge is 0.233 e. The van der Waals surface area contributed by atoms with E-state index in [2.05, 4.69) is 10.3 Å². The fraction of sp³-hybridized carbons (Fsp3) is 0.538. The van der Waals surface area contributed by atoms with Gasteiger partial charge in [-0.15, -0.1) is 0 Å². The molecule has 2 rings (SSSR count). The Hall–Kier alpha value is -1.66. The van der Waals surface area contributed by atoms with Crippen molar-refractivity contribution in [2.45, 2.75) is 19.8 Å². The van der Waals surface area contributed by atoms with Gasteiger partial charge >= 0.3 is 0 Å². The van der Waals surface area contributed by atoms with Crippen LogP contribution in [0.2, 0.25) is 0 Å². The van der Waals surface area contributed by atoms with Gasteiger partial charge < -0.3 is 20.9 Å². The minimum absolute atomic E-state index is 0.0434. The molecule has 1 saturated heterocycles. The minimum Gasteiger partial charge on any atom is -0.504 e. The zero-order valence-corrected chi connectivity index (χ0v) is 11.0. The van der Waals surface area contributed by atoms with E-state index in [-0.39, 0.29) is 24.0 Å². The molecule has 4 N–H and O–H groups in total. The summed E-state index contributed by atoms with van der Waals surface area (Å²) in [7, 11) is 0. The van der Waals surface area contributed by atoms with Crippen molar-refractivity contribution in [3.05, 3.63) is 17.8 Å². The zero-order valence-electron chi connectivity index (χ0n) is 11.0. The number of hydrogen-bond donors (Lipinski definition) is 3. The second-order valence-corrected chi connectivity index (χ2v) is 4.87. The summed E-state index contributed by atoms with van der Waals surface area (Å²) in [4.78, 5) is 16.5. The van der Waals surface area contributed by atoms with Crippen LogP contribution in [0.3, 0.4) is 0 Å². The van der Waals surface area contributed by atoms with Gasteiger partial charge in [0.2, 0.25) is 5.91 Å². The van der Waals surface area contributed by atoms with Crippen LogP contribution in [0.5, 0.6) is 5.75 Å². The second kappa shape index (κ2) is 5.54. The van der Waals surface area contributed by atoms with Crippen LogP contribution in [0.15, 0.2) is 12.1 Å². The first kappa shape index (κ1) is 13.8. The standard InChI is InChI=1S/C13H19N3O3/c1-9-2-3-10(17)11(15-9)16-12(18)13(8-14)4-6-19-7-5-13/h2-3,17H,4-8,14H2,1H3,(H,15,16,18). The first-order valence-corrected chi connectivity index (χ1v) is 6.33. The van der Waals surface area contributed by atoms with Crippen LogP contribution < -0.4 is 11.1 Å². The molecule has 0 radical (unpaired) electrons. The number of carbonyl (C=O) groups is 1. The van der Waals surface area contributed by atoms with Crippen LogP contribution in [-0.2, 0) is 9.53 Å². The highest BCUT2D eigenvalue weighted by atomic mass is 16.5. The van der Waals surface area contributed by atoms with E-state index in [1.54, 1.807) is 13.0 Å². The lowest BCUT2D eigenvalue weighted by atomic mass is 9.79. The van der Waals surface area contributed by atoms with Crippen LogP contribution in [0.1, 0.15) is 18.5 Å². The van der Waals surface area contributed by atoms with Crippen LogP contribution in [-0.4, -0.2) is 35.8 Å². The predicted molar refractivity (Wildman–Crippen MR) is 70.8 cm³/mol. The molecule has 0 unspecified atom stereocenters. The molecule has 6 nitrogen and oxygen atoms in total. The third-order valence-electron chi connectivity index (χ3n) is 3.57. The molecule has 104 valence electrons. The molecule has 1 aliphatic heterocycles. The molecule has 1 aliphatic rings. The summed E-state index contributed by atoms with van der Waals surface area (Å²) in [6, 6.07) is 3.19. The van der Waals surface area contributed by atoms with Gasteiger partial charge in [0.1, 0.15) is 0 Å². The number of rotatable bonds is 3. The van der Waals surface area contributed by atoms with E-state index >= 15 is 0 Å². The Kier molecular flexibility index (Phi) is 4.01. The molecule has 1 amide bonds. The van der Waals surface area contributed by atoms with Crippen LogP contribution in [0.25, 0.3) is 0 Å². The van der Waals surface area contributed by atoms with Crippen molar-refractivity contribution in [1.82, 2.24) is 4.98 Å². The number of hydrogen-bond acceptors (Lipinski definition) is 5. The maximum absolute atomic E-state index is 12.4. The molecular weight excluding hydrogens is 246 g/mol. The van der Waals surface area contributed by atoms with Gasteiger partial charge in [-0.05, 0) is 31.9 Å². The predicted octanol–water partition coefficient (Wildman–Crippen LogP) is 0.790. The first-order chi connectivity index (χ1) is 9.07. The largest absolute Gasteiger partial charge is 0.504 e. The Morgan fingerprint density at radius 3 is 2.84 bits per heavy atom. The lowest BCUT2D eigenvalue weighted by Crippen LogP contribution is -2.46. The number of carbonyl (C=O) groups excluding carboxylic acids is 1. The molecule has 6 heteroatoms. The van der Waals surface area contributed by atoms with Crippen molar-refractivity contribution in [1.29, 1.82) is 0 Å². The molecule has 0 aromatic carbocycles. The average molecular weight is 265 g/mol. The number of pyridine rings is 1. The number of aromatic hydroxyl groups is 1. The van der Waals surface area contributed by atoms with Gasteiger partial charge in [-0.1, -0.05) is 0 Å². The van der Waals surface area contributed by atoms with E-state index in [0.29, 0.717) is 26.1 Å². The number of nitrogens with two attached hydrogens (primary N) is 1. The number of aryl methyl sites for hydroxylation is 1. The highest BCUT2D eigenvalue weighted by Crippen LogP contribution is 2.32. The molecule has 0 spiro atoms. The minimum atomic E-state index is -0.629. The quantitative estimate of drug-likeness (QED) is 0.750. The fourth-order valence-electron chi connectivity index (χ4n) is 2.17. The number of nitrogens with one attached hydrogen (secondary N) is 1. The molecule has 2 heterocycles. The summed E-state index contributed by atoms with van der Waals surface area (Å²) in [5, 5.41) is 12.4. The summed E-state index contributed by atoms with van der Waals surface area (Å²) in [5.74, 6) is -0.0609. The lowest BCUT2D eigenvalue weighted by Gasteiger charge is -2.34. The number of anilines is 1. The van der Waals surface area contributed by atoms with Crippen molar-refractivity contribution in [2.24, 2.45) is 11.1 Å². The molecule has 1 aromatic rings. The van der Waals surface area contributed by atoms with E-state index in [9.17, 15) is 9.90 Å². The molecule has 1 aromatic heterocycles. The Morgan fingerprint density at radius 1 is 1.53 bits per heavy atom. The second-order valence-electron chi connectivity index (χ2n) is 4.87. The van der Waals surface area contributed by atoms with Gasteiger partial charge in [0.15, 0.2) is 11.6 Å². The number of amides is 1. The Labute approximate surface area is 112 Å². The normalized spacial score (nSPS) is 18.0. The maximum Gasteiger partial charge on any atom is 0.233 e. The fourth-order valence-corrected chi connectivity index (χ4v) is 2.17. The highest BCUT2D eigenvalue weighted by molar-refractivity contribution is 5.95. The molecule has 1 fully saturated rings. The lowest BCUT2D eigenvalue weighted by molar-refractivity contribution is -0.130. The summed E-state index contributed by atoms with van der Waals surface area (Å²) in [6.45, 7) is 3.10. The van der Waals surface area contributed by atoms with Gasteiger partial charge in [-0.3, -0.25) is 4.79 Å². The topological polar surface area (TPSA) is 97.5 Å². The zero-order chi connectivity index (χ0) is 13.9.